The molecule has 24 heavy (non-hydrogen) atoms. The van der Waals surface area contributed by atoms with Gasteiger partial charge in [0.15, 0.2) is 0 Å². The van der Waals surface area contributed by atoms with Gasteiger partial charge in [0.1, 0.15) is 18.1 Å². The Labute approximate surface area is 141 Å². The van der Waals surface area contributed by atoms with Crippen molar-refractivity contribution in [2.24, 2.45) is 0 Å². The van der Waals surface area contributed by atoms with Crippen molar-refractivity contribution < 1.29 is 14.3 Å². The Morgan fingerprint density at radius 2 is 2.08 bits per heavy atom. The normalized spacial score (nSPS) is 17.3. The highest BCUT2D eigenvalue weighted by Crippen LogP contribution is 2.18. The number of nitrogens with one attached hydrogen (secondary N) is 1. The number of aromatic nitrogens is 2. The minimum atomic E-state index is -0.285. The summed E-state index contributed by atoms with van der Waals surface area (Å²) in [5.74, 6) is 0.476. The number of benzene rings is 1. The van der Waals surface area contributed by atoms with E-state index < -0.39 is 0 Å². The number of hydrogen-bond donors (Lipinski definition) is 1. The molecule has 3 rings (SSSR count). The Morgan fingerprint density at radius 3 is 2.75 bits per heavy atom. The van der Waals surface area contributed by atoms with Crippen LogP contribution in [0.2, 0.25) is 0 Å². The highest BCUT2D eigenvalue weighted by atomic mass is 16.5. The SMILES string of the molecule is Cc1cnc(C(=O)Nc2ccc(OCC3CCCCO3)cc2)cn1. The number of nitrogens with zero attached hydrogens (tertiary/aromatic N) is 2. The summed E-state index contributed by atoms with van der Waals surface area (Å²) in [6.45, 7) is 3.21. The summed E-state index contributed by atoms with van der Waals surface area (Å²) in [4.78, 5) is 20.2. The first-order valence-electron chi connectivity index (χ1n) is 8.15. The average Bonchev–Trinajstić information content (AvgIpc) is 2.62. The molecule has 1 aromatic carbocycles. The van der Waals surface area contributed by atoms with Crippen molar-refractivity contribution in [2.75, 3.05) is 18.5 Å². The van der Waals surface area contributed by atoms with Gasteiger partial charge in [0, 0.05) is 18.5 Å². The fourth-order valence-electron chi connectivity index (χ4n) is 2.47. The van der Waals surface area contributed by atoms with E-state index in [1.165, 1.54) is 12.6 Å². The third-order valence-corrected chi connectivity index (χ3v) is 3.84. The van der Waals surface area contributed by atoms with Crippen LogP contribution in [-0.4, -0.2) is 35.2 Å². The van der Waals surface area contributed by atoms with Crippen LogP contribution < -0.4 is 10.1 Å². The van der Waals surface area contributed by atoms with E-state index in [0.717, 1.165) is 30.9 Å². The zero-order valence-corrected chi connectivity index (χ0v) is 13.7. The van der Waals surface area contributed by atoms with Crippen molar-refractivity contribution in [3.8, 4) is 5.75 Å². The molecule has 1 unspecified atom stereocenters. The monoisotopic (exact) mass is 327 g/mol. The van der Waals surface area contributed by atoms with Gasteiger partial charge in [-0.1, -0.05) is 0 Å². The van der Waals surface area contributed by atoms with Gasteiger partial charge in [-0.15, -0.1) is 0 Å². The van der Waals surface area contributed by atoms with Crippen LogP contribution in [0.15, 0.2) is 36.7 Å². The molecule has 1 saturated heterocycles. The number of carbonyl (C=O) groups is 1. The number of amides is 1. The zero-order chi connectivity index (χ0) is 16.8. The summed E-state index contributed by atoms with van der Waals surface area (Å²) in [5, 5.41) is 2.79. The third-order valence-electron chi connectivity index (χ3n) is 3.84. The highest BCUT2D eigenvalue weighted by molar-refractivity contribution is 6.02. The molecule has 1 atom stereocenters. The predicted molar refractivity (Wildman–Crippen MR) is 90.3 cm³/mol. The first kappa shape index (κ1) is 16.4. The van der Waals surface area contributed by atoms with Crippen LogP contribution in [0.5, 0.6) is 5.75 Å². The maximum Gasteiger partial charge on any atom is 0.275 e. The first-order chi connectivity index (χ1) is 11.7. The van der Waals surface area contributed by atoms with Gasteiger partial charge in [0.25, 0.3) is 5.91 Å². The lowest BCUT2D eigenvalue weighted by atomic mass is 10.1. The van der Waals surface area contributed by atoms with Crippen LogP contribution in [0.3, 0.4) is 0 Å². The number of anilines is 1. The molecule has 126 valence electrons. The fraction of sp³-hybridized carbons (Fsp3) is 0.389. The standard InChI is InChI=1S/C18H21N3O3/c1-13-10-20-17(11-19-13)18(22)21-14-5-7-15(8-6-14)24-12-16-4-2-3-9-23-16/h5-8,10-11,16H,2-4,9,12H2,1H3,(H,21,22). The van der Waals surface area contributed by atoms with Crippen LogP contribution in [-0.2, 0) is 4.74 Å². The summed E-state index contributed by atoms with van der Waals surface area (Å²) in [6.07, 6.45) is 6.59. The van der Waals surface area contributed by atoms with Gasteiger partial charge >= 0.3 is 0 Å². The van der Waals surface area contributed by atoms with Gasteiger partial charge in [0.2, 0.25) is 0 Å². The van der Waals surface area contributed by atoms with Crippen molar-refractivity contribution in [1.29, 1.82) is 0 Å². The van der Waals surface area contributed by atoms with Crippen molar-refractivity contribution in [3.05, 3.63) is 48.0 Å². The quantitative estimate of drug-likeness (QED) is 0.914. The summed E-state index contributed by atoms with van der Waals surface area (Å²) < 4.78 is 11.4. The largest absolute Gasteiger partial charge is 0.491 e. The van der Waals surface area contributed by atoms with E-state index in [-0.39, 0.29) is 17.7 Å². The maximum atomic E-state index is 12.1. The minimum Gasteiger partial charge on any atom is -0.491 e. The second kappa shape index (κ2) is 7.88. The number of hydrogen-bond acceptors (Lipinski definition) is 5. The smallest absolute Gasteiger partial charge is 0.275 e. The lowest BCUT2D eigenvalue weighted by molar-refractivity contribution is -0.0110. The zero-order valence-electron chi connectivity index (χ0n) is 13.7. The molecule has 1 aliphatic heterocycles. The Hall–Kier alpha value is -2.47. The van der Waals surface area contributed by atoms with Gasteiger partial charge in [-0.3, -0.25) is 9.78 Å². The van der Waals surface area contributed by atoms with Crippen LogP contribution in [0.25, 0.3) is 0 Å². The highest BCUT2D eigenvalue weighted by Gasteiger charge is 2.14. The second-order valence-corrected chi connectivity index (χ2v) is 5.82. The van der Waals surface area contributed by atoms with Crippen LogP contribution in [0, 0.1) is 6.92 Å². The molecular weight excluding hydrogens is 306 g/mol. The molecule has 6 heteroatoms. The average molecular weight is 327 g/mol. The topological polar surface area (TPSA) is 73.3 Å². The van der Waals surface area contributed by atoms with Gasteiger partial charge < -0.3 is 14.8 Å². The fourth-order valence-corrected chi connectivity index (χ4v) is 2.47. The van der Waals surface area contributed by atoms with Gasteiger partial charge in [-0.25, -0.2) is 4.98 Å². The van der Waals surface area contributed by atoms with Crippen LogP contribution >= 0.6 is 0 Å². The lowest BCUT2D eigenvalue weighted by Crippen LogP contribution is -2.25. The first-order valence-corrected chi connectivity index (χ1v) is 8.15. The maximum absolute atomic E-state index is 12.1. The Bertz CT molecular complexity index is 665. The van der Waals surface area contributed by atoms with Crippen molar-refractivity contribution in [3.63, 3.8) is 0 Å². The molecule has 2 aromatic rings. The van der Waals surface area contributed by atoms with E-state index in [1.54, 1.807) is 18.3 Å². The molecule has 1 amide bonds. The molecule has 0 spiro atoms. The molecular formula is C18H21N3O3. The van der Waals surface area contributed by atoms with Crippen molar-refractivity contribution >= 4 is 11.6 Å². The molecule has 1 N–H and O–H groups in total. The second-order valence-electron chi connectivity index (χ2n) is 5.82. The van der Waals surface area contributed by atoms with Crippen LogP contribution in [0.1, 0.15) is 35.4 Å². The number of ether oxygens (including phenoxy) is 2. The van der Waals surface area contributed by atoms with Crippen molar-refractivity contribution in [2.45, 2.75) is 32.3 Å². The molecule has 2 heterocycles. The van der Waals surface area contributed by atoms with E-state index >= 15 is 0 Å². The van der Waals surface area contributed by atoms with E-state index in [9.17, 15) is 4.79 Å². The summed E-state index contributed by atoms with van der Waals surface area (Å²) >= 11 is 0. The molecule has 6 nitrogen and oxygen atoms in total. The molecule has 0 bridgehead atoms. The van der Waals surface area contributed by atoms with Gasteiger partial charge in [0.05, 0.1) is 18.0 Å². The van der Waals surface area contributed by atoms with E-state index in [2.05, 4.69) is 15.3 Å². The third kappa shape index (κ3) is 4.52. The minimum absolute atomic E-state index is 0.179. The lowest BCUT2D eigenvalue weighted by Gasteiger charge is -2.22. The van der Waals surface area contributed by atoms with E-state index in [4.69, 9.17) is 9.47 Å². The molecule has 1 aliphatic rings. The van der Waals surface area contributed by atoms with Crippen LogP contribution in [0.4, 0.5) is 5.69 Å². The van der Waals surface area contributed by atoms with E-state index in [0.29, 0.717) is 12.3 Å². The van der Waals surface area contributed by atoms with Crippen molar-refractivity contribution in [1.82, 2.24) is 9.97 Å². The molecule has 1 fully saturated rings. The summed E-state index contributed by atoms with van der Waals surface area (Å²) in [6, 6.07) is 7.27. The Kier molecular flexibility index (Phi) is 5.38. The molecule has 0 aliphatic carbocycles. The number of carbonyl (C=O) groups excluding carboxylic acids is 1. The number of rotatable bonds is 5. The van der Waals surface area contributed by atoms with E-state index in [1.807, 2.05) is 19.1 Å². The molecule has 1 aromatic heterocycles. The molecule has 0 radical (unpaired) electrons. The number of aryl methyl sites for hydroxylation is 1. The summed E-state index contributed by atoms with van der Waals surface area (Å²) in [7, 11) is 0. The van der Waals surface area contributed by atoms with Gasteiger partial charge in [-0.05, 0) is 50.5 Å². The summed E-state index contributed by atoms with van der Waals surface area (Å²) in [5.41, 5.74) is 1.74. The molecule has 0 saturated carbocycles. The van der Waals surface area contributed by atoms with Gasteiger partial charge in [-0.2, -0.15) is 0 Å². The predicted octanol–water partition coefficient (Wildman–Crippen LogP) is 2.99. The Balaban J connectivity index is 1.52. The Morgan fingerprint density at radius 1 is 1.25 bits per heavy atom.